The van der Waals surface area contributed by atoms with Crippen LogP contribution in [0.4, 0.5) is 5.82 Å². The van der Waals surface area contributed by atoms with Gasteiger partial charge in [0.1, 0.15) is 0 Å². The zero-order valence-electron chi connectivity index (χ0n) is 11.3. The van der Waals surface area contributed by atoms with Crippen molar-refractivity contribution in [2.24, 2.45) is 7.05 Å². The first-order valence-electron chi connectivity index (χ1n) is 5.97. The molecule has 0 aliphatic rings. The fourth-order valence-corrected chi connectivity index (χ4v) is 1.49. The van der Waals surface area contributed by atoms with Crippen molar-refractivity contribution >= 4 is 5.82 Å². The van der Waals surface area contributed by atoms with Gasteiger partial charge in [0.25, 0.3) is 5.88 Å². The second kappa shape index (κ2) is 6.34. The van der Waals surface area contributed by atoms with Gasteiger partial charge in [0.15, 0.2) is 0 Å². The zero-order chi connectivity index (χ0) is 13.7. The Morgan fingerprint density at radius 1 is 1.56 bits per heavy atom. The summed E-state index contributed by atoms with van der Waals surface area (Å²) in [6.07, 6.45) is 0.791. The molecule has 102 valence electrons. The summed E-state index contributed by atoms with van der Waals surface area (Å²) in [6, 6.07) is 0.429. The summed E-state index contributed by atoms with van der Waals surface area (Å²) in [5.41, 5.74) is 0. The Morgan fingerprint density at radius 2 is 2.22 bits per heavy atom. The monoisotopic (exact) mass is 256 g/mol. The molecule has 0 saturated carbocycles. The molecule has 0 atom stereocenters. The van der Waals surface area contributed by atoms with E-state index in [2.05, 4.69) is 24.1 Å². The topological polar surface area (TPSA) is 82.2 Å². The minimum absolute atomic E-state index is 0.216. The Bertz CT molecular complexity index is 415. The number of hydrogen-bond acceptors (Lipinski definition) is 5. The van der Waals surface area contributed by atoms with Gasteiger partial charge in [-0.2, -0.15) is 0 Å². The first-order chi connectivity index (χ1) is 8.43. The summed E-state index contributed by atoms with van der Waals surface area (Å²) in [7, 11) is 1.71. The third-order valence-corrected chi connectivity index (χ3v) is 2.53. The molecule has 0 bridgehead atoms. The van der Waals surface area contributed by atoms with Crippen molar-refractivity contribution in [2.45, 2.75) is 33.2 Å². The van der Waals surface area contributed by atoms with E-state index >= 15 is 0 Å². The van der Waals surface area contributed by atoms with E-state index < -0.39 is 4.92 Å². The summed E-state index contributed by atoms with van der Waals surface area (Å²) < 4.78 is 7.04. The fraction of sp³-hybridized carbons (Fsp3) is 0.727. The van der Waals surface area contributed by atoms with Crippen LogP contribution in [0.25, 0.3) is 0 Å². The molecule has 0 unspecified atom stereocenters. The van der Waals surface area contributed by atoms with Crippen LogP contribution in [0, 0.1) is 17.0 Å². The van der Waals surface area contributed by atoms with Crippen LogP contribution in [0.5, 0.6) is 5.88 Å². The average Bonchev–Trinajstić information content (AvgIpc) is 2.56. The summed E-state index contributed by atoms with van der Waals surface area (Å²) in [4.78, 5) is 14.1. The molecular weight excluding hydrogens is 236 g/mol. The van der Waals surface area contributed by atoms with E-state index in [0.29, 0.717) is 18.5 Å². The van der Waals surface area contributed by atoms with Crippen LogP contribution in [-0.2, 0) is 7.05 Å². The number of imidazole rings is 1. The predicted octanol–water partition coefficient (Wildman–Crippen LogP) is 1.40. The lowest BCUT2D eigenvalue weighted by molar-refractivity contribution is -0.390. The molecule has 1 rings (SSSR count). The summed E-state index contributed by atoms with van der Waals surface area (Å²) in [5, 5.41) is 14.1. The molecule has 0 amide bonds. The molecule has 0 spiro atoms. The lowest BCUT2D eigenvalue weighted by Crippen LogP contribution is -2.25. The van der Waals surface area contributed by atoms with Crippen molar-refractivity contribution < 1.29 is 9.66 Å². The van der Waals surface area contributed by atoms with Gasteiger partial charge >= 0.3 is 5.82 Å². The maximum atomic E-state index is 10.8. The Hall–Kier alpha value is -1.63. The van der Waals surface area contributed by atoms with E-state index in [1.54, 1.807) is 18.5 Å². The molecule has 7 heteroatoms. The van der Waals surface area contributed by atoms with E-state index in [0.717, 1.165) is 13.0 Å². The van der Waals surface area contributed by atoms with Crippen LogP contribution in [0.1, 0.15) is 26.1 Å². The van der Waals surface area contributed by atoms with Gasteiger partial charge in [-0.25, -0.2) is 0 Å². The van der Waals surface area contributed by atoms with Gasteiger partial charge in [0.2, 0.25) is 5.82 Å². The highest BCUT2D eigenvalue weighted by atomic mass is 16.6. The molecule has 0 aliphatic heterocycles. The molecule has 1 heterocycles. The molecule has 0 fully saturated rings. The molecule has 7 nitrogen and oxygen atoms in total. The maximum Gasteiger partial charge on any atom is 0.426 e. The highest BCUT2D eigenvalue weighted by Crippen LogP contribution is 2.26. The summed E-state index contributed by atoms with van der Waals surface area (Å²) in [5.74, 6) is 0.575. The lowest BCUT2D eigenvalue weighted by Gasteiger charge is -2.09. The van der Waals surface area contributed by atoms with Gasteiger partial charge in [-0.3, -0.25) is 4.57 Å². The Balaban J connectivity index is 2.53. The Kier molecular flexibility index (Phi) is 5.08. The number of nitrogens with one attached hydrogen (secondary N) is 1. The SMILES string of the molecule is Cc1nc([N+](=O)[O-])c(OCCCNC(C)C)n1C. The van der Waals surface area contributed by atoms with Crippen molar-refractivity contribution in [1.29, 1.82) is 0 Å². The smallest absolute Gasteiger partial charge is 0.426 e. The maximum absolute atomic E-state index is 10.8. The number of ether oxygens (including phenoxy) is 1. The number of rotatable bonds is 7. The van der Waals surface area contributed by atoms with Crippen molar-refractivity contribution in [3.05, 3.63) is 15.9 Å². The van der Waals surface area contributed by atoms with E-state index in [-0.39, 0.29) is 11.7 Å². The number of aryl methyl sites for hydroxylation is 1. The number of nitrogens with zero attached hydrogens (tertiary/aromatic N) is 3. The third kappa shape index (κ3) is 3.69. The lowest BCUT2D eigenvalue weighted by atomic mass is 10.3. The molecule has 1 aromatic rings. The van der Waals surface area contributed by atoms with Crippen molar-refractivity contribution in [3.63, 3.8) is 0 Å². The minimum Gasteiger partial charge on any atom is -0.473 e. The normalized spacial score (nSPS) is 10.9. The number of aromatic nitrogens is 2. The predicted molar refractivity (Wildman–Crippen MR) is 67.9 cm³/mol. The third-order valence-electron chi connectivity index (χ3n) is 2.53. The second-order valence-corrected chi connectivity index (χ2v) is 4.41. The highest BCUT2D eigenvalue weighted by Gasteiger charge is 2.24. The Morgan fingerprint density at radius 3 is 2.78 bits per heavy atom. The van der Waals surface area contributed by atoms with Crippen molar-refractivity contribution in [1.82, 2.24) is 14.9 Å². The molecule has 18 heavy (non-hydrogen) atoms. The molecule has 0 radical (unpaired) electrons. The van der Waals surface area contributed by atoms with Crippen LogP contribution >= 0.6 is 0 Å². The minimum atomic E-state index is -0.519. The summed E-state index contributed by atoms with van der Waals surface area (Å²) >= 11 is 0. The first-order valence-corrected chi connectivity index (χ1v) is 5.97. The van der Waals surface area contributed by atoms with E-state index in [9.17, 15) is 10.1 Å². The first kappa shape index (κ1) is 14.4. The van der Waals surface area contributed by atoms with E-state index in [1.807, 2.05) is 0 Å². The zero-order valence-corrected chi connectivity index (χ0v) is 11.3. The largest absolute Gasteiger partial charge is 0.473 e. The Labute approximate surface area is 106 Å². The van der Waals surface area contributed by atoms with Crippen molar-refractivity contribution in [2.75, 3.05) is 13.2 Å². The van der Waals surface area contributed by atoms with Gasteiger partial charge in [-0.1, -0.05) is 13.8 Å². The van der Waals surface area contributed by atoms with Crippen LogP contribution in [0.2, 0.25) is 0 Å². The van der Waals surface area contributed by atoms with Crippen LogP contribution in [0.15, 0.2) is 0 Å². The molecular formula is C11H20N4O3. The number of nitro groups is 1. The highest BCUT2D eigenvalue weighted by molar-refractivity contribution is 5.35. The quantitative estimate of drug-likeness (QED) is 0.453. The molecule has 0 aliphatic carbocycles. The van der Waals surface area contributed by atoms with Gasteiger partial charge in [-0.15, -0.1) is 0 Å². The average molecular weight is 256 g/mol. The van der Waals surface area contributed by atoms with E-state index in [1.165, 1.54) is 0 Å². The van der Waals surface area contributed by atoms with Crippen molar-refractivity contribution in [3.8, 4) is 5.88 Å². The van der Waals surface area contributed by atoms with Crippen LogP contribution < -0.4 is 10.1 Å². The molecule has 0 saturated heterocycles. The molecule has 1 N–H and O–H groups in total. The molecule has 0 aromatic carbocycles. The summed E-state index contributed by atoms with van der Waals surface area (Å²) in [6.45, 7) is 7.09. The van der Waals surface area contributed by atoms with Gasteiger partial charge in [0, 0.05) is 20.0 Å². The van der Waals surface area contributed by atoms with Gasteiger partial charge in [-0.05, 0) is 22.9 Å². The van der Waals surface area contributed by atoms with Crippen LogP contribution in [0.3, 0.4) is 0 Å². The molecule has 1 aromatic heterocycles. The van der Waals surface area contributed by atoms with Crippen LogP contribution in [-0.4, -0.2) is 33.7 Å². The van der Waals surface area contributed by atoms with Gasteiger partial charge in [0.05, 0.1) is 6.61 Å². The van der Waals surface area contributed by atoms with Gasteiger partial charge < -0.3 is 20.2 Å². The second-order valence-electron chi connectivity index (χ2n) is 4.41. The number of hydrogen-bond donors (Lipinski definition) is 1. The standard InChI is InChI=1S/C11H20N4O3/c1-8(2)12-6-5-7-18-11-10(15(16)17)13-9(3)14(11)4/h8,12H,5-7H2,1-4H3. The fourth-order valence-electron chi connectivity index (χ4n) is 1.49. The van der Waals surface area contributed by atoms with E-state index in [4.69, 9.17) is 4.74 Å².